The molecule has 1 aliphatic rings. The van der Waals surface area contributed by atoms with Gasteiger partial charge in [0, 0.05) is 22.3 Å². The van der Waals surface area contributed by atoms with Crippen molar-refractivity contribution in [2.24, 2.45) is 0 Å². The van der Waals surface area contributed by atoms with E-state index in [0.717, 1.165) is 32.7 Å². The smallest absolute Gasteiger partial charge is 0.333 e. The topological polar surface area (TPSA) is 142 Å². The first-order valence-electron chi connectivity index (χ1n) is 24.1. The van der Waals surface area contributed by atoms with Crippen LogP contribution in [0.4, 0.5) is 0 Å². The highest BCUT2D eigenvalue weighted by molar-refractivity contribution is 5.93. The van der Waals surface area contributed by atoms with Crippen molar-refractivity contribution in [2.75, 3.05) is 39.6 Å². The minimum Gasteiger partial charge on any atom is -0.491 e. The molecule has 0 spiro atoms. The summed E-state index contributed by atoms with van der Waals surface area (Å²) in [4.78, 5) is 48.6. The van der Waals surface area contributed by atoms with Crippen LogP contribution in [0.5, 0.6) is 11.5 Å². The van der Waals surface area contributed by atoms with E-state index in [1.807, 2.05) is 38.1 Å². The molecule has 0 bridgehead atoms. The number of benzene rings is 6. The normalized spacial score (nSPS) is 13.8. The molecule has 0 heterocycles. The van der Waals surface area contributed by atoms with Crippen LogP contribution >= 0.6 is 0 Å². The lowest BCUT2D eigenvalue weighted by Crippen LogP contribution is -2.32. The second-order valence-electron chi connectivity index (χ2n) is 18.6. The van der Waals surface area contributed by atoms with Gasteiger partial charge in [-0.15, -0.1) is 0 Å². The van der Waals surface area contributed by atoms with Crippen LogP contribution in [0.2, 0.25) is 0 Å². The molecule has 0 fully saturated rings. The van der Waals surface area contributed by atoms with Gasteiger partial charge in [-0.1, -0.05) is 111 Å². The zero-order chi connectivity index (χ0) is 52.4. The van der Waals surface area contributed by atoms with Gasteiger partial charge >= 0.3 is 23.9 Å². The van der Waals surface area contributed by atoms with E-state index < -0.39 is 53.7 Å². The summed E-state index contributed by atoms with van der Waals surface area (Å²) >= 11 is 0. The lowest BCUT2D eigenvalue weighted by Gasteiger charge is -2.34. The molecule has 0 saturated heterocycles. The fourth-order valence-electron chi connectivity index (χ4n) is 8.50. The molecule has 6 aromatic carbocycles. The Kier molecular flexibility index (Phi) is 17.2. The molecule has 0 N–H and O–H groups in total. The Bertz CT molecular complexity index is 2890. The average Bonchev–Trinajstić information content (AvgIpc) is 3.68. The van der Waals surface area contributed by atoms with Crippen LogP contribution in [0.25, 0.3) is 32.7 Å². The maximum atomic E-state index is 12.3. The lowest BCUT2D eigenvalue weighted by atomic mass is 9.67. The molecule has 6 aromatic rings. The van der Waals surface area contributed by atoms with E-state index >= 15 is 0 Å². The molecule has 378 valence electrons. The Morgan fingerprint density at radius 2 is 0.795 bits per heavy atom. The second kappa shape index (κ2) is 23.6. The van der Waals surface area contributed by atoms with E-state index in [4.69, 9.17) is 37.9 Å². The predicted octanol–water partition coefficient (Wildman–Crippen LogP) is 11.1. The third kappa shape index (κ3) is 12.6. The van der Waals surface area contributed by atoms with Crippen LogP contribution in [0.1, 0.15) is 63.8 Å². The standard InChI is InChI=1S/C61H62O12/c1-37(2)57(62)70-35-51(72-59(64)39(5)6)33-66-41(9)31-68-49-25-21-43-27-47(23-19-45(43)29-49)61(55-17-13-11-15-53(55)54-16-12-14-18-56(54)61)48-24-20-46-30-50(26-22-44(46)28-48)69-32-42(10)67-34-52(73-60(65)40(7)8)36-71-58(63)38(3)4/h11-30,41-42,51-52H,1,3,5,7,31-36H2,2,4,6,8-10H3. The predicted molar refractivity (Wildman–Crippen MR) is 282 cm³/mol. The van der Waals surface area contributed by atoms with Gasteiger partial charge in [0.15, 0.2) is 12.2 Å². The van der Waals surface area contributed by atoms with Crippen molar-refractivity contribution in [1.29, 1.82) is 0 Å². The number of esters is 4. The van der Waals surface area contributed by atoms with Gasteiger partial charge in [0.2, 0.25) is 0 Å². The van der Waals surface area contributed by atoms with Crippen LogP contribution in [0, 0.1) is 0 Å². The molecule has 0 saturated carbocycles. The fraction of sp³-hybridized carbons (Fsp3) is 0.279. The lowest BCUT2D eigenvalue weighted by molar-refractivity contribution is -0.159. The summed E-state index contributed by atoms with van der Waals surface area (Å²) in [6.45, 7) is 24.3. The van der Waals surface area contributed by atoms with Crippen molar-refractivity contribution < 1.29 is 57.1 Å². The molecule has 0 amide bonds. The number of hydrogen-bond donors (Lipinski definition) is 0. The Balaban J connectivity index is 1.08. The van der Waals surface area contributed by atoms with Crippen LogP contribution < -0.4 is 9.47 Å². The summed E-state index contributed by atoms with van der Waals surface area (Å²) in [6, 6.07) is 42.5. The SMILES string of the molecule is C=C(C)C(=O)OCC(COC(C)COc1ccc2cc(C3(c4ccc5cc(OCC(C)OCC(COC(=O)C(=C)C)OC(=O)C(=C)C)ccc5c4)c4ccccc4-c4ccccc43)ccc2c1)OC(=O)C(=C)C. The summed E-state index contributed by atoms with van der Waals surface area (Å²) in [5.74, 6) is -1.07. The van der Waals surface area contributed by atoms with E-state index in [-0.39, 0.29) is 61.9 Å². The zero-order valence-corrected chi connectivity index (χ0v) is 42.3. The Morgan fingerprint density at radius 1 is 0.438 bits per heavy atom. The highest BCUT2D eigenvalue weighted by Gasteiger charge is 2.46. The van der Waals surface area contributed by atoms with E-state index in [0.29, 0.717) is 11.5 Å². The van der Waals surface area contributed by atoms with Crippen LogP contribution in [-0.4, -0.2) is 87.9 Å². The first kappa shape index (κ1) is 53.0. The van der Waals surface area contributed by atoms with Gasteiger partial charge in [-0.05, 0) is 133 Å². The molecule has 12 heteroatoms. The third-order valence-electron chi connectivity index (χ3n) is 12.3. The molecule has 4 atom stereocenters. The van der Waals surface area contributed by atoms with Crippen molar-refractivity contribution in [3.63, 3.8) is 0 Å². The second-order valence-corrected chi connectivity index (χ2v) is 18.6. The minimum absolute atomic E-state index is 0.0229. The van der Waals surface area contributed by atoms with Gasteiger partial charge in [-0.2, -0.15) is 0 Å². The first-order valence-corrected chi connectivity index (χ1v) is 24.1. The van der Waals surface area contributed by atoms with Gasteiger partial charge in [0.05, 0.1) is 30.8 Å². The van der Waals surface area contributed by atoms with Crippen molar-refractivity contribution in [3.05, 3.63) is 192 Å². The summed E-state index contributed by atoms with van der Waals surface area (Å²) < 4.78 is 45.8. The first-order chi connectivity index (χ1) is 34.9. The highest BCUT2D eigenvalue weighted by atomic mass is 16.6. The van der Waals surface area contributed by atoms with Gasteiger partial charge in [-0.25, -0.2) is 19.2 Å². The number of ether oxygens (including phenoxy) is 8. The number of carbonyl (C=O) groups is 4. The number of rotatable bonds is 24. The quantitative estimate of drug-likeness (QED) is 0.0323. The molecule has 1 aliphatic carbocycles. The number of hydrogen-bond acceptors (Lipinski definition) is 12. The molecular formula is C61H62O12. The molecule has 73 heavy (non-hydrogen) atoms. The summed E-state index contributed by atoms with van der Waals surface area (Å²) in [7, 11) is 0. The number of fused-ring (bicyclic) bond motifs is 5. The van der Waals surface area contributed by atoms with Crippen LogP contribution in [0.3, 0.4) is 0 Å². The van der Waals surface area contributed by atoms with Gasteiger partial charge in [0.25, 0.3) is 0 Å². The monoisotopic (exact) mass is 986 g/mol. The maximum Gasteiger partial charge on any atom is 0.333 e. The van der Waals surface area contributed by atoms with E-state index in [1.165, 1.54) is 49.9 Å². The Hall–Kier alpha value is -7.80. The van der Waals surface area contributed by atoms with E-state index in [2.05, 4.69) is 123 Å². The van der Waals surface area contributed by atoms with Crippen LogP contribution in [0.15, 0.2) is 170 Å². The minimum atomic E-state index is -0.847. The number of carbonyl (C=O) groups excluding carboxylic acids is 4. The molecule has 0 radical (unpaired) electrons. The molecule has 0 aromatic heterocycles. The highest BCUT2D eigenvalue weighted by Crippen LogP contribution is 2.56. The molecule has 4 unspecified atom stereocenters. The fourth-order valence-corrected chi connectivity index (χ4v) is 8.50. The summed E-state index contributed by atoms with van der Waals surface area (Å²) in [6.07, 6.45) is -2.48. The van der Waals surface area contributed by atoms with Crippen LogP contribution in [-0.2, 0) is 53.0 Å². The zero-order valence-electron chi connectivity index (χ0n) is 42.3. The van der Waals surface area contributed by atoms with Crippen molar-refractivity contribution in [2.45, 2.75) is 71.4 Å². The van der Waals surface area contributed by atoms with E-state index in [1.54, 1.807) is 0 Å². The molecule has 0 aliphatic heterocycles. The van der Waals surface area contributed by atoms with Crippen molar-refractivity contribution in [1.82, 2.24) is 0 Å². The summed E-state index contributed by atoms with van der Waals surface area (Å²) in [5.41, 5.74) is 7.21. The van der Waals surface area contributed by atoms with Gasteiger partial charge in [-0.3, -0.25) is 0 Å². The molecule has 7 rings (SSSR count). The largest absolute Gasteiger partial charge is 0.491 e. The maximum absolute atomic E-state index is 12.3. The third-order valence-corrected chi connectivity index (χ3v) is 12.3. The van der Waals surface area contributed by atoms with Crippen molar-refractivity contribution in [3.8, 4) is 22.6 Å². The average molecular weight is 987 g/mol. The summed E-state index contributed by atoms with van der Waals surface area (Å²) in [5, 5.41) is 4.07. The van der Waals surface area contributed by atoms with E-state index in [9.17, 15) is 19.2 Å². The molecular weight excluding hydrogens is 925 g/mol. The van der Waals surface area contributed by atoms with Gasteiger partial charge in [0.1, 0.15) is 37.9 Å². The van der Waals surface area contributed by atoms with Gasteiger partial charge < -0.3 is 37.9 Å². The Morgan fingerprint density at radius 3 is 1.18 bits per heavy atom. The van der Waals surface area contributed by atoms with Crippen molar-refractivity contribution >= 4 is 45.4 Å². The Labute approximate surface area is 426 Å². The molecule has 12 nitrogen and oxygen atoms in total.